The van der Waals surface area contributed by atoms with Gasteiger partial charge in [0, 0.05) is 11.1 Å². The fraction of sp³-hybridized carbons (Fsp3) is 0.154. The molecule has 4 aromatic rings. The van der Waals surface area contributed by atoms with E-state index in [4.69, 9.17) is 9.47 Å². The van der Waals surface area contributed by atoms with Crippen LogP contribution in [0.1, 0.15) is 28.1 Å². The highest BCUT2D eigenvalue weighted by atomic mass is 16.5. The van der Waals surface area contributed by atoms with E-state index in [0.29, 0.717) is 17.8 Å². The lowest BCUT2D eigenvalue weighted by Crippen LogP contribution is -2.23. The van der Waals surface area contributed by atoms with E-state index in [-0.39, 0.29) is 5.56 Å². The summed E-state index contributed by atoms with van der Waals surface area (Å²) in [4.78, 5) is 17.3. The lowest BCUT2D eigenvalue weighted by molar-refractivity contribution is 0.400. The Morgan fingerprint density at radius 2 is 1.71 bits per heavy atom. The highest BCUT2D eigenvalue weighted by molar-refractivity contribution is 5.94. The standard InChI is InChI=1S/C26H22N2O3/c1-16-12-24(31-3)18(14-23(16)30-2)13-21-19-9-5-4-8-17(19)15-28-22-11-7-6-10-20(22)26(29)27-25(21)28/h4-14H,15H2,1-3H3/b21-13+. The van der Waals surface area contributed by atoms with Crippen LogP contribution in [0, 0.1) is 6.92 Å². The Bertz CT molecular complexity index is 1420. The Kier molecular flexibility index (Phi) is 4.59. The Labute approximate surface area is 180 Å². The van der Waals surface area contributed by atoms with Crippen LogP contribution in [0.15, 0.2) is 65.5 Å². The minimum Gasteiger partial charge on any atom is -0.496 e. The predicted octanol–water partition coefficient (Wildman–Crippen LogP) is 4.67. The Morgan fingerprint density at radius 3 is 2.52 bits per heavy atom. The molecule has 1 aliphatic rings. The molecule has 31 heavy (non-hydrogen) atoms. The molecular weight excluding hydrogens is 388 g/mol. The van der Waals surface area contributed by atoms with E-state index in [1.165, 1.54) is 5.56 Å². The first-order valence-electron chi connectivity index (χ1n) is 10.1. The number of benzene rings is 3. The van der Waals surface area contributed by atoms with Crippen molar-refractivity contribution in [3.63, 3.8) is 0 Å². The van der Waals surface area contributed by atoms with Gasteiger partial charge in [0.05, 0.1) is 31.7 Å². The average Bonchev–Trinajstić information content (AvgIpc) is 2.80. The van der Waals surface area contributed by atoms with E-state index in [2.05, 4.69) is 21.7 Å². The van der Waals surface area contributed by atoms with Gasteiger partial charge in [0.25, 0.3) is 5.56 Å². The van der Waals surface area contributed by atoms with E-state index < -0.39 is 0 Å². The first-order chi connectivity index (χ1) is 15.1. The molecule has 0 saturated heterocycles. The number of aryl methyl sites for hydroxylation is 1. The third kappa shape index (κ3) is 3.10. The molecule has 5 rings (SSSR count). The molecule has 0 fully saturated rings. The number of methoxy groups -OCH3 is 2. The number of hydrogen-bond donors (Lipinski definition) is 0. The van der Waals surface area contributed by atoms with Crippen LogP contribution in [0.2, 0.25) is 0 Å². The quantitative estimate of drug-likeness (QED) is 0.434. The van der Waals surface area contributed by atoms with Crippen LogP contribution in [0.25, 0.3) is 22.6 Å². The molecule has 0 amide bonds. The molecule has 5 heteroatoms. The monoisotopic (exact) mass is 410 g/mol. The van der Waals surface area contributed by atoms with Gasteiger partial charge in [-0.25, -0.2) is 0 Å². The van der Waals surface area contributed by atoms with Crippen molar-refractivity contribution in [2.45, 2.75) is 13.5 Å². The molecule has 0 unspecified atom stereocenters. The maximum Gasteiger partial charge on any atom is 0.281 e. The van der Waals surface area contributed by atoms with Crippen LogP contribution < -0.4 is 15.0 Å². The summed E-state index contributed by atoms with van der Waals surface area (Å²) in [6.07, 6.45) is 2.03. The Hall–Kier alpha value is -3.86. The number of ether oxygens (including phenoxy) is 2. The van der Waals surface area contributed by atoms with Crippen molar-refractivity contribution in [2.75, 3.05) is 14.2 Å². The van der Waals surface area contributed by atoms with Crippen molar-refractivity contribution in [3.8, 4) is 11.5 Å². The fourth-order valence-corrected chi connectivity index (χ4v) is 4.28. The van der Waals surface area contributed by atoms with Gasteiger partial charge in [-0.15, -0.1) is 0 Å². The van der Waals surface area contributed by atoms with Crippen molar-refractivity contribution in [1.29, 1.82) is 0 Å². The molecule has 0 radical (unpaired) electrons. The third-order valence-electron chi connectivity index (χ3n) is 5.81. The summed E-state index contributed by atoms with van der Waals surface area (Å²) >= 11 is 0. The van der Waals surface area contributed by atoms with E-state index in [1.807, 2.05) is 61.5 Å². The summed E-state index contributed by atoms with van der Waals surface area (Å²) < 4.78 is 13.3. The molecule has 0 N–H and O–H groups in total. The lowest BCUT2D eigenvalue weighted by atomic mass is 9.93. The SMILES string of the molecule is COc1cc(/C=C2\c3ccccc3Cn3c2nc(=O)c2ccccc23)c(OC)cc1C. The summed E-state index contributed by atoms with van der Waals surface area (Å²) in [5.41, 5.74) is 5.64. The van der Waals surface area contributed by atoms with Crippen LogP contribution in [-0.2, 0) is 6.54 Å². The van der Waals surface area contributed by atoms with Crippen LogP contribution in [0.5, 0.6) is 11.5 Å². The normalized spacial score (nSPS) is 13.7. The third-order valence-corrected chi connectivity index (χ3v) is 5.81. The Balaban J connectivity index is 1.84. The summed E-state index contributed by atoms with van der Waals surface area (Å²) in [7, 11) is 3.31. The molecule has 3 aromatic carbocycles. The first-order valence-corrected chi connectivity index (χ1v) is 10.1. The van der Waals surface area contributed by atoms with Crippen molar-refractivity contribution in [2.24, 2.45) is 0 Å². The summed E-state index contributed by atoms with van der Waals surface area (Å²) in [6, 6.07) is 19.8. The highest BCUT2D eigenvalue weighted by Gasteiger charge is 2.24. The zero-order valence-electron chi connectivity index (χ0n) is 17.7. The van der Waals surface area contributed by atoms with E-state index >= 15 is 0 Å². The van der Waals surface area contributed by atoms with E-state index in [9.17, 15) is 4.79 Å². The molecule has 0 atom stereocenters. The van der Waals surface area contributed by atoms with Crippen molar-refractivity contribution >= 4 is 22.6 Å². The maximum absolute atomic E-state index is 12.8. The predicted molar refractivity (Wildman–Crippen MR) is 123 cm³/mol. The second-order valence-corrected chi connectivity index (χ2v) is 7.62. The van der Waals surface area contributed by atoms with Gasteiger partial charge in [-0.3, -0.25) is 4.79 Å². The Morgan fingerprint density at radius 1 is 0.968 bits per heavy atom. The van der Waals surface area contributed by atoms with Crippen molar-refractivity contribution in [1.82, 2.24) is 9.55 Å². The highest BCUT2D eigenvalue weighted by Crippen LogP contribution is 2.37. The van der Waals surface area contributed by atoms with Crippen LogP contribution >= 0.6 is 0 Å². The molecule has 0 bridgehead atoms. The molecule has 154 valence electrons. The van der Waals surface area contributed by atoms with Gasteiger partial charge in [0.2, 0.25) is 0 Å². The van der Waals surface area contributed by atoms with Crippen molar-refractivity contribution in [3.05, 3.63) is 99.1 Å². The summed E-state index contributed by atoms with van der Waals surface area (Å²) in [5.74, 6) is 2.17. The van der Waals surface area contributed by atoms with E-state index in [0.717, 1.165) is 39.3 Å². The van der Waals surface area contributed by atoms with Gasteiger partial charge in [0.1, 0.15) is 17.3 Å². The topological polar surface area (TPSA) is 53.4 Å². The largest absolute Gasteiger partial charge is 0.496 e. The summed E-state index contributed by atoms with van der Waals surface area (Å²) in [6.45, 7) is 2.64. The number of rotatable bonds is 3. The molecule has 0 aliphatic carbocycles. The lowest BCUT2D eigenvalue weighted by Gasteiger charge is -2.25. The fourth-order valence-electron chi connectivity index (χ4n) is 4.28. The minimum atomic E-state index is -0.222. The number of aromatic nitrogens is 2. The maximum atomic E-state index is 12.8. The van der Waals surface area contributed by atoms with Gasteiger partial charge < -0.3 is 14.0 Å². The van der Waals surface area contributed by atoms with Crippen molar-refractivity contribution < 1.29 is 9.47 Å². The number of fused-ring (bicyclic) bond motifs is 4. The molecule has 1 aliphatic heterocycles. The molecule has 5 nitrogen and oxygen atoms in total. The smallest absolute Gasteiger partial charge is 0.281 e. The van der Waals surface area contributed by atoms with Gasteiger partial charge >= 0.3 is 0 Å². The van der Waals surface area contributed by atoms with Gasteiger partial charge in [0.15, 0.2) is 0 Å². The molecule has 0 saturated carbocycles. The second-order valence-electron chi connectivity index (χ2n) is 7.62. The summed E-state index contributed by atoms with van der Waals surface area (Å²) in [5, 5.41) is 0.625. The number of nitrogens with zero attached hydrogens (tertiary/aromatic N) is 2. The van der Waals surface area contributed by atoms with Gasteiger partial charge in [-0.1, -0.05) is 36.4 Å². The zero-order chi connectivity index (χ0) is 21.5. The molecule has 0 spiro atoms. The minimum absolute atomic E-state index is 0.222. The average molecular weight is 410 g/mol. The van der Waals surface area contributed by atoms with Crippen LogP contribution in [0.3, 0.4) is 0 Å². The number of para-hydroxylation sites is 1. The van der Waals surface area contributed by atoms with Crippen LogP contribution in [0.4, 0.5) is 0 Å². The van der Waals surface area contributed by atoms with Gasteiger partial charge in [-0.2, -0.15) is 4.98 Å². The second kappa shape index (κ2) is 7.43. The van der Waals surface area contributed by atoms with Gasteiger partial charge in [-0.05, 0) is 54.0 Å². The molecular formula is C26H22N2O3. The first kappa shape index (κ1) is 19.1. The van der Waals surface area contributed by atoms with E-state index in [1.54, 1.807) is 14.2 Å². The molecule has 2 heterocycles. The molecule has 1 aromatic heterocycles. The zero-order valence-corrected chi connectivity index (χ0v) is 17.7. The van der Waals surface area contributed by atoms with Crippen LogP contribution in [-0.4, -0.2) is 23.8 Å². The number of hydrogen-bond acceptors (Lipinski definition) is 4.